The van der Waals surface area contributed by atoms with Crippen molar-refractivity contribution in [2.75, 3.05) is 11.9 Å². The summed E-state index contributed by atoms with van der Waals surface area (Å²) in [5.74, 6) is -0.264. The van der Waals surface area contributed by atoms with E-state index in [1.807, 2.05) is 0 Å². The second kappa shape index (κ2) is 5.01. The standard InChI is InChI=1S/C12H10ClN3O2/c1-16(8-3-2-4-9(17)5-8)12(18)10-6-14-7-11(13)15-10/h2-7,17H,1H3. The summed E-state index contributed by atoms with van der Waals surface area (Å²) in [6, 6.07) is 6.37. The quantitative estimate of drug-likeness (QED) is 0.901. The third-order valence-corrected chi connectivity index (χ3v) is 2.53. The zero-order valence-electron chi connectivity index (χ0n) is 9.54. The van der Waals surface area contributed by atoms with Crippen LogP contribution >= 0.6 is 11.6 Å². The Kier molecular flexibility index (Phi) is 3.43. The molecular formula is C12H10ClN3O2. The molecule has 0 fully saturated rings. The number of halogens is 1. The molecule has 0 spiro atoms. The topological polar surface area (TPSA) is 66.3 Å². The van der Waals surface area contributed by atoms with Gasteiger partial charge < -0.3 is 10.0 Å². The predicted molar refractivity (Wildman–Crippen MR) is 67.9 cm³/mol. The molecule has 92 valence electrons. The SMILES string of the molecule is CN(C(=O)c1cncc(Cl)n1)c1cccc(O)c1. The van der Waals surface area contributed by atoms with E-state index in [0.717, 1.165) is 0 Å². The first kappa shape index (κ1) is 12.3. The molecule has 0 unspecified atom stereocenters. The van der Waals surface area contributed by atoms with Crippen molar-refractivity contribution in [1.82, 2.24) is 9.97 Å². The van der Waals surface area contributed by atoms with Gasteiger partial charge in [-0.1, -0.05) is 17.7 Å². The summed E-state index contributed by atoms with van der Waals surface area (Å²) in [5.41, 5.74) is 0.704. The number of nitrogens with zero attached hydrogens (tertiary/aromatic N) is 3. The molecule has 0 aliphatic carbocycles. The van der Waals surface area contributed by atoms with Crippen molar-refractivity contribution in [3.63, 3.8) is 0 Å². The van der Waals surface area contributed by atoms with Gasteiger partial charge in [0, 0.05) is 18.8 Å². The lowest BCUT2D eigenvalue weighted by molar-refractivity contribution is 0.0988. The highest BCUT2D eigenvalue weighted by Gasteiger charge is 2.15. The van der Waals surface area contributed by atoms with Crippen LogP contribution in [0, 0.1) is 0 Å². The van der Waals surface area contributed by atoms with Crippen LogP contribution in [0.5, 0.6) is 5.75 Å². The maximum absolute atomic E-state index is 12.1. The van der Waals surface area contributed by atoms with Crippen molar-refractivity contribution >= 4 is 23.2 Å². The average molecular weight is 264 g/mol. The maximum atomic E-state index is 12.1. The molecule has 5 nitrogen and oxygen atoms in total. The van der Waals surface area contributed by atoms with Crippen molar-refractivity contribution in [3.05, 3.63) is 47.5 Å². The second-order valence-electron chi connectivity index (χ2n) is 3.61. The molecule has 0 radical (unpaired) electrons. The summed E-state index contributed by atoms with van der Waals surface area (Å²) >= 11 is 5.68. The molecule has 2 rings (SSSR count). The largest absolute Gasteiger partial charge is 0.508 e. The highest BCUT2D eigenvalue weighted by Crippen LogP contribution is 2.20. The molecule has 0 saturated heterocycles. The molecule has 1 aromatic heterocycles. The summed E-state index contributed by atoms with van der Waals surface area (Å²) in [6.07, 6.45) is 2.69. The lowest BCUT2D eigenvalue weighted by atomic mass is 10.2. The van der Waals surface area contributed by atoms with Crippen molar-refractivity contribution < 1.29 is 9.90 Å². The molecule has 18 heavy (non-hydrogen) atoms. The van der Waals surface area contributed by atoms with Crippen LogP contribution in [0.15, 0.2) is 36.7 Å². The van der Waals surface area contributed by atoms with Crippen molar-refractivity contribution in [1.29, 1.82) is 0 Å². The number of amides is 1. The number of hydrogen-bond acceptors (Lipinski definition) is 4. The molecule has 0 saturated carbocycles. The third-order valence-electron chi connectivity index (χ3n) is 2.35. The first-order valence-electron chi connectivity index (χ1n) is 5.12. The second-order valence-corrected chi connectivity index (χ2v) is 4.00. The Morgan fingerprint density at radius 2 is 2.17 bits per heavy atom. The smallest absolute Gasteiger partial charge is 0.278 e. The molecule has 1 N–H and O–H groups in total. The summed E-state index contributed by atoms with van der Waals surface area (Å²) in [7, 11) is 1.58. The zero-order chi connectivity index (χ0) is 13.1. The van der Waals surface area contributed by atoms with E-state index in [9.17, 15) is 9.90 Å². The van der Waals surface area contributed by atoms with Crippen LogP contribution in [-0.2, 0) is 0 Å². The number of hydrogen-bond donors (Lipinski definition) is 1. The van der Waals surface area contributed by atoms with Gasteiger partial charge >= 0.3 is 0 Å². The number of aromatic nitrogens is 2. The maximum Gasteiger partial charge on any atom is 0.278 e. The molecule has 0 aliphatic rings. The number of anilines is 1. The number of carbonyl (C=O) groups excluding carboxylic acids is 1. The van der Waals surface area contributed by atoms with Gasteiger partial charge in [0.05, 0.1) is 12.4 Å². The van der Waals surface area contributed by atoms with Gasteiger partial charge in [0.15, 0.2) is 0 Å². The lowest BCUT2D eigenvalue weighted by Gasteiger charge is -2.16. The minimum Gasteiger partial charge on any atom is -0.508 e. The fourth-order valence-electron chi connectivity index (χ4n) is 1.44. The number of carbonyl (C=O) groups is 1. The Morgan fingerprint density at radius 1 is 1.39 bits per heavy atom. The fraction of sp³-hybridized carbons (Fsp3) is 0.0833. The molecule has 1 amide bonds. The van der Waals surface area contributed by atoms with Gasteiger partial charge in [0.25, 0.3) is 5.91 Å². The van der Waals surface area contributed by atoms with Gasteiger partial charge in [0.2, 0.25) is 0 Å². The highest BCUT2D eigenvalue weighted by atomic mass is 35.5. The van der Waals surface area contributed by atoms with E-state index in [4.69, 9.17) is 11.6 Å². The number of phenolic OH excluding ortho intramolecular Hbond substituents is 1. The van der Waals surface area contributed by atoms with Gasteiger partial charge in [-0.3, -0.25) is 9.78 Å². The van der Waals surface area contributed by atoms with E-state index in [1.54, 1.807) is 19.2 Å². The Bertz CT molecular complexity index is 589. The van der Waals surface area contributed by atoms with Gasteiger partial charge in [0.1, 0.15) is 16.6 Å². The lowest BCUT2D eigenvalue weighted by Crippen LogP contribution is -2.27. The molecule has 2 aromatic rings. The van der Waals surface area contributed by atoms with Crippen LogP contribution in [-0.4, -0.2) is 28.0 Å². The molecule has 0 aliphatic heterocycles. The van der Waals surface area contributed by atoms with E-state index < -0.39 is 0 Å². The fourth-order valence-corrected chi connectivity index (χ4v) is 1.58. The van der Waals surface area contributed by atoms with Crippen molar-refractivity contribution in [2.45, 2.75) is 0 Å². The molecule has 0 atom stereocenters. The van der Waals surface area contributed by atoms with Gasteiger partial charge in [-0.25, -0.2) is 4.98 Å². The summed E-state index contributed by atoms with van der Waals surface area (Å²) < 4.78 is 0. The highest BCUT2D eigenvalue weighted by molar-refractivity contribution is 6.29. The number of benzene rings is 1. The van der Waals surface area contributed by atoms with Crippen LogP contribution in [0.1, 0.15) is 10.5 Å². The van der Waals surface area contributed by atoms with Crippen LogP contribution in [0.4, 0.5) is 5.69 Å². The van der Waals surface area contributed by atoms with E-state index in [1.165, 1.54) is 29.4 Å². The number of rotatable bonds is 2. The Morgan fingerprint density at radius 3 is 2.83 bits per heavy atom. The number of phenols is 1. The normalized spacial score (nSPS) is 10.1. The Hall–Kier alpha value is -2.14. The molecular weight excluding hydrogens is 254 g/mol. The third kappa shape index (κ3) is 2.57. The van der Waals surface area contributed by atoms with Gasteiger partial charge in [-0.15, -0.1) is 0 Å². The van der Waals surface area contributed by atoms with Gasteiger partial charge in [-0.2, -0.15) is 0 Å². The minimum absolute atomic E-state index is 0.0873. The van der Waals surface area contributed by atoms with Crippen molar-refractivity contribution in [3.8, 4) is 5.75 Å². The summed E-state index contributed by atoms with van der Waals surface area (Å²) in [6.45, 7) is 0. The average Bonchev–Trinajstić information content (AvgIpc) is 2.37. The molecule has 6 heteroatoms. The van der Waals surface area contributed by atoms with Crippen LogP contribution < -0.4 is 4.90 Å². The van der Waals surface area contributed by atoms with E-state index in [0.29, 0.717) is 5.69 Å². The van der Waals surface area contributed by atoms with E-state index in [2.05, 4.69) is 9.97 Å². The van der Waals surface area contributed by atoms with Crippen LogP contribution in [0.3, 0.4) is 0 Å². The van der Waals surface area contributed by atoms with Gasteiger partial charge in [-0.05, 0) is 12.1 Å². The molecule has 0 bridgehead atoms. The van der Waals surface area contributed by atoms with Crippen LogP contribution in [0.25, 0.3) is 0 Å². The van der Waals surface area contributed by atoms with Crippen molar-refractivity contribution in [2.24, 2.45) is 0 Å². The zero-order valence-corrected chi connectivity index (χ0v) is 10.3. The first-order valence-corrected chi connectivity index (χ1v) is 5.50. The summed E-state index contributed by atoms with van der Waals surface area (Å²) in [5, 5.41) is 9.53. The van der Waals surface area contributed by atoms with E-state index in [-0.39, 0.29) is 22.5 Å². The van der Waals surface area contributed by atoms with E-state index >= 15 is 0 Å². The van der Waals surface area contributed by atoms with Crippen LogP contribution in [0.2, 0.25) is 5.15 Å². The molecule has 1 aromatic carbocycles. The Labute approximate surface area is 109 Å². The Balaban J connectivity index is 2.29. The monoisotopic (exact) mass is 263 g/mol. The predicted octanol–water partition coefficient (Wildman–Crippen LogP) is 2.11. The number of aromatic hydroxyl groups is 1. The minimum atomic E-state index is -0.351. The summed E-state index contributed by atoms with van der Waals surface area (Å²) in [4.78, 5) is 21.2. The molecule has 1 heterocycles. The first-order chi connectivity index (χ1) is 8.58.